The largest absolute Gasteiger partial charge is 0.309 e. The van der Waals surface area contributed by atoms with Gasteiger partial charge in [0.05, 0.1) is 11.0 Å². The third-order valence-corrected chi connectivity index (χ3v) is 7.42. The van der Waals surface area contributed by atoms with Crippen LogP contribution in [-0.2, 0) is 0 Å². The van der Waals surface area contributed by atoms with Crippen LogP contribution >= 0.6 is 0 Å². The van der Waals surface area contributed by atoms with Crippen LogP contribution in [0.25, 0.3) is 60.9 Å². The average Bonchev–Trinajstić information content (AvgIpc) is 3.32. The second-order valence-electron chi connectivity index (χ2n) is 9.95. The molecular formula is C37H27N. The molecule has 0 atom stereocenters. The molecule has 1 nitrogen and oxygen atoms in total. The molecule has 1 heterocycles. The highest BCUT2D eigenvalue weighted by atomic mass is 15.0. The summed E-state index contributed by atoms with van der Waals surface area (Å²) in [5.74, 6) is 0. The molecule has 38 heavy (non-hydrogen) atoms. The number of hydrogen-bond acceptors (Lipinski definition) is 0. The molecule has 0 radical (unpaired) electrons. The number of aromatic nitrogens is 1. The van der Waals surface area contributed by atoms with E-state index in [1.807, 2.05) is 0 Å². The lowest BCUT2D eigenvalue weighted by atomic mass is 9.94. The van der Waals surface area contributed by atoms with Crippen molar-refractivity contribution in [3.8, 4) is 39.1 Å². The van der Waals surface area contributed by atoms with Gasteiger partial charge in [0.15, 0.2) is 0 Å². The van der Waals surface area contributed by atoms with Crippen molar-refractivity contribution in [2.24, 2.45) is 0 Å². The Labute approximate surface area is 223 Å². The number of fused-ring (bicyclic) bond motifs is 3. The van der Waals surface area contributed by atoms with E-state index in [1.165, 1.54) is 66.4 Å². The van der Waals surface area contributed by atoms with Gasteiger partial charge in [0.1, 0.15) is 0 Å². The van der Waals surface area contributed by atoms with Crippen molar-refractivity contribution in [3.05, 3.63) is 151 Å². The summed E-state index contributed by atoms with van der Waals surface area (Å²) < 4.78 is 2.36. The van der Waals surface area contributed by atoms with Gasteiger partial charge in [-0.3, -0.25) is 0 Å². The summed E-state index contributed by atoms with van der Waals surface area (Å²) in [4.78, 5) is 0. The summed E-state index contributed by atoms with van der Waals surface area (Å²) in [6, 6.07) is 52.6. The smallest absolute Gasteiger partial charge is 0.0541 e. The minimum Gasteiger partial charge on any atom is -0.309 e. The molecule has 0 aliphatic carbocycles. The summed E-state index contributed by atoms with van der Waals surface area (Å²) in [7, 11) is 0. The average molecular weight is 486 g/mol. The summed E-state index contributed by atoms with van der Waals surface area (Å²) >= 11 is 0. The second-order valence-corrected chi connectivity index (χ2v) is 9.95. The van der Waals surface area contributed by atoms with Crippen LogP contribution in [0.5, 0.6) is 0 Å². The topological polar surface area (TPSA) is 4.93 Å². The van der Waals surface area contributed by atoms with E-state index < -0.39 is 0 Å². The zero-order valence-electron chi connectivity index (χ0n) is 21.3. The van der Waals surface area contributed by atoms with Crippen molar-refractivity contribution in [1.82, 2.24) is 4.57 Å². The standard InChI is InChI=1S/C37H27N/c1-26-22-31(27-10-3-2-4-11-27)25-32(23-26)30-13-9-12-29(24-30)28-18-20-33(21-19-28)38-36-16-7-5-14-34(36)35-15-6-8-17-37(35)38/h2-25H,1H3. The maximum absolute atomic E-state index is 2.36. The molecule has 1 aromatic heterocycles. The summed E-state index contributed by atoms with van der Waals surface area (Å²) in [5, 5.41) is 2.57. The molecule has 0 aliphatic heterocycles. The number of para-hydroxylation sites is 2. The number of aryl methyl sites for hydroxylation is 1. The Kier molecular flexibility index (Phi) is 5.41. The third kappa shape index (κ3) is 3.90. The first-order chi connectivity index (χ1) is 18.7. The summed E-state index contributed by atoms with van der Waals surface area (Å²) in [6.07, 6.45) is 0. The molecular weight excluding hydrogens is 458 g/mol. The number of nitrogens with zero attached hydrogens (tertiary/aromatic N) is 1. The van der Waals surface area contributed by atoms with E-state index in [1.54, 1.807) is 0 Å². The summed E-state index contributed by atoms with van der Waals surface area (Å²) in [6.45, 7) is 2.17. The van der Waals surface area contributed by atoms with Gasteiger partial charge in [0.25, 0.3) is 0 Å². The lowest BCUT2D eigenvalue weighted by Gasteiger charge is -2.11. The first kappa shape index (κ1) is 22.3. The van der Waals surface area contributed by atoms with Crippen molar-refractivity contribution >= 4 is 21.8 Å². The molecule has 0 N–H and O–H groups in total. The predicted octanol–water partition coefficient (Wildman–Crippen LogP) is 10.1. The van der Waals surface area contributed by atoms with E-state index in [0.717, 1.165) is 0 Å². The van der Waals surface area contributed by atoms with Gasteiger partial charge in [-0.2, -0.15) is 0 Å². The summed E-state index contributed by atoms with van der Waals surface area (Å²) in [5.41, 5.74) is 12.3. The highest BCUT2D eigenvalue weighted by molar-refractivity contribution is 6.09. The molecule has 0 spiro atoms. The zero-order valence-corrected chi connectivity index (χ0v) is 21.3. The van der Waals surface area contributed by atoms with Crippen LogP contribution in [0.4, 0.5) is 0 Å². The molecule has 0 saturated heterocycles. The Balaban J connectivity index is 1.27. The van der Waals surface area contributed by atoms with E-state index in [-0.39, 0.29) is 0 Å². The van der Waals surface area contributed by atoms with Gasteiger partial charge < -0.3 is 4.57 Å². The highest BCUT2D eigenvalue weighted by Gasteiger charge is 2.12. The van der Waals surface area contributed by atoms with E-state index in [4.69, 9.17) is 0 Å². The van der Waals surface area contributed by atoms with Gasteiger partial charge in [0.2, 0.25) is 0 Å². The van der Waals surface area contributed by atoms with Gasteiger partial charge in [-0.25, -0.2) is 0 Å². The van der Waals surface area contributed by atoms with Crippen molar-refractivity contribution in [3.63, 3.8) is 0 Å². The van der Waals surface area contributed by atoms with Gasteiger partial charge in [-0.05, 0) is 82.3 Å². The normalized spacial score (nSPS) is 11.3. The van der Waals surface area contributed by atoms with Crippen LogP contribution in [0.2, 0.25) is 0 Å². The lowest BCUT2D eigenvalue weighted by Crippen LogP contribution is -1.93. The van der Waals surface area contributed by atoms with Gasteiger partial charge in [-0.15, -0.1) is 0 Å². The molecule has 0 amide bonds. The number of rotatable bonds is 4. The second kappa shape index (κ2) is 9.21. The monoisotopic (exact) mass is 485 g/mol. The maximum Gasteiger partial charge on any atom is 0.0541 e. The van der Waals surface area contributed by atoms with Gasteiger partial charge in [-0.1, -0.05) is 109 Å². The Bertz CT molecular complexity index is 1850. The Morgan fingerprint density at radius 2 is 0.842 bits per heavy atom. The minimum absolute atomic E-state index is 1.17. The van der Waals surface area contributed by atoms with Crippen molar-refractivity contribution in [1.29, 1.82) is 0 Å². The van der Waals surface area contributed by atoms with E-state index in [0.29, 0.717) is 0 Å². The highest BCUT2D eigenvalue weighted by Crippen LogP contribution is 2.34. The zero-order chi connectivity index (χ0) is 25.5. The fourth-order valence-electron chi connectivity index (χ4n) is 5.63. The minimum atomic E-state index is 1.17. The third-order valence-electron chi connectivity index (χ3n) is 7.42. The molecule has 0 saturated carbocycles. The SMILES string of the molecule is Cc1cc(-c2ccccc2)cc(-c2cccc(-c3ccc(-n4c5ccccc5c5ccccc54)cc3)c2)c1. The fraction of sp³-hybridized carbons (Fsp3) is 0.0270. The molecule has 0 fully saturated rings. The van der Waals surface area contributed by atoms with Crippen LogP contribution < -0.4 is 0 Å². The first-order valence-corrected chi connectivity index (χ1v) is 13.1. The van der Waals surface area contributed by atoms with E-state index in [9.17, 15) is 0 Å². The number of hydrogen-bond donors (Lipinski definition) is 0. The van der Waals surface area contributed by atoms with Crippen LogP contribution in [0.1, 0.15) is 5.56 Å². The van der Waals surface area contributed by atoms with Crippen LogP contribution in [-0.4, -0.2) is 4.57 Å². The van der Waals surface area contributed by atoms with Crippen LogP contribution in [0.3, 0.4) is 0 Å². The van der Waals surface area contributed by atoms with Crippen LogP contribution in [0.15, 0.2) is 146 Å². The Morgan fingerprint density at radius 3 is 1.50 bits per heavy atom. The maximum atomic E-state index is 2.36. The molecule has 6 aromatic carbocycles. The quantitative estimate of drug-likeness (QED) is 0.234. The van der Waals surface area contributed by atoms with Crippen molar-refractivity contribution in [2.45, 2.75) is 6.92 Å². The Morgan fingerprint density at radius 1 is 0.368 bits per heavy atom. The molecule has 7 rings (SSSR count). The lowest BCUT2D eigenvalue weighted by molar-refractivity contribution is 1.18. The molecule has 1 heteroatoms. The molecule has 180 valence electrons. The molecule has 0 unspecified atom stereocenters. The van der Waals surface area contributed by atoms with Gasteiger partial charge >= 0.3 is 0 Å². The van der Waals surface area contributed by atoms with Crippen molar-refractivity contribution in [2.75, 3.05) is 0 Å². The predicted molar refractivity (Wildman–Crippen MR) is 162 cm³/mol. The first-order valence-electron chi connectivity index (χ1n) is 13.1. The van der Waals surface area contributed by atoms with E-state index in [2.05, 4.69) is 157 Å². The molecule has 7 aromatic rings. The van der Waals surface area contributed by atoms with E-state index >= 15 is 0 Å². The fourth-order valence-corrected chi connectivity index (χ4v) is 5.63. The molecule has 0 aliphatic rings. The van der Waals surface area contributed by atoms with Crippen LogP contribution in [0, 0.1) is 6.92 Å². The Hall–Kier alpha value is -4.88. The number of benzene rings is 6. The van der Waals surface area contributed by atoms with Crippen molar-refractivity contribution < 1.29 is 0 Å². The molecule has 0 bridgehead atoms. The van der Waals surface area contributed by atoms with Gasteiger partial charge in [0, 0.05) is 16.5 Å².